The SMILES string of the molecule is C.CC(C)c1cc(-c2ccccc2N=NN2CCCC2)c(CCCO)n1C(=O)OC(C)(C)C.CC(C)c1cc(Br)c(CCCO)n1C(=O)OC(C)(C)C.OB(O)c1ccccc1N=NN1CCCC1. The maximum absolute atomic E-state index is 13.2. The number of ether oxygens (including phenoxy) is 2. The van der Waals surface area contributed by atoms with Gasteiger partial charge in [0, 0.05) is 83.2 Å². The summed E-state index contributed by atoms with van der Waals surface area (Å²) in [6.07, 6.45) is 6.16. The fraction of sp³-hybridized carbons (Fsp3) is 0.569. The van der Waals surface area contributed by atoms with E-state index in [1.807, 2.05) is 95.7 Å². The Bertz CT molecular complexity index is 2280. The molecule has 2 aromatic carbocycles. The van der Waals surface area contributed by atoms with Gasteiger partial charge in [-0.05, 0) is 145 Å². The molecule has 2 fully saturated rings. The number of carbonyl (C=O) groups excluding carboxylic acids is 2. The molecular formula is C51H78BBrN8O8. The molecule has 0 spiro atoms. The molecule has 4 N–H and O–H groups in total. The van der Waals surface area contributed by atoms with E-state index in [9.17, 15) is 14.7 Å². The van der Waals surface area contributed by atoms with Gasteiger partial charge >= 0.3 is 19.3 Å². The second-order valence-corrected chi connectivity index (χ2v) is 20.4. The Labute approximate surface area is 419 Å². The van der Waals surface area contributed by atoms with E-state index in [0.717, 1.165) is 95.9 Å². The van der Waals surface area contributed by atoms with Crippen LogP contribution in [0.1, 0.15) is 150 Å². The van der Waals surface area contributed by atoms with Gasteiger partial charge in [0.15, 0.2) is 0 Å². The van der Waals surface area contributed by atoms with Crippen molar-refractivity contribution in [2.45, 2.75) is 151 Å². The third-order valence-electron chi connectivity index (χ3n) is 10.8. The first-order chi connectivity index (χ1) is 32.1. The van der Waals surface area contributed by atoms with Crippen LogP contribution >= 0.6 is 15.9 Å². The highest BCUT2D eigenvalue weighted by Crippen LogP contribution is 2.38. The third kappa shape index (κ3) is 17.8. The Morgan fingerprint density at radius 2 is 1.07 bits per heavy atom. The van der Waals surface area contributed by atoms with Crippen molar-refractivity contribution in [2.24, 2.45) is 20.7 Å². The van der Waals surface area contributed by atoms with Crippen LogP contribution in [0.4, 0.5) is 21.0 Å². The van der Waals surface area contributed by atoms with Crippen molar-refractivity contribution in [3.63, 3.8) is 0 Å². The molecule has 4 heterocycles. The van der Waals surface area contributed by atoms with E-state index in [2.05, 4.69) is 56.5 Å². The number of aromatic nitrogens is 2. The van der Waals surface area contributed by atoms with Crippen LogP contribution in [0.15, 0.2) is 85.8 Å². The summed E-state index contributed by atoms with van der Waals surface area (Å²) in [5.74, 6) is 0.323. The van der Waals surface area contributed by atoms with Crippen molar-refractivity contribution in [1.82, 2.24) is 19.2 Å². The monoisotopic (exact) mass is 1020 g/mol. The molecule has 380 valence electrons. The largest absolute Gasteiger partial charge is 0.490 e. The first-order valence-electron chi connectivity index (χ1n) is 23.9. The molecule has 2 aliphatic rings. The molecule has 0 bridgehead atoms. The van der Waals surface area contributed by atoms with Gasteiger partial charge in [-0.2, -0.15) is 0 Å². The third-order valence-corrected chi connectivity index (χ3v) is 11.5. The van der Waals surface area contributed by atoms with E-state index in [4.69, 9.17) is 24.6 Å². The van der Waals surface area contributed by atoms with Crippen LogP contribution in [-0.4, -0.2) is 109 Å². The van der Waals surface area contributed by atoms with Crippen molar-refractivity contribution in [1.29, 1.82) is 0 Å². The van der Waals surface area contributed by atoms with Gasteiger partial charge in [-0.1, -0.05) is 82.0 Å². The minimum absolute atomic E-state index is 0. The molecule has 16 nitrogen and oxygen atoms in total. The lowest BCUT2D eigenvalue weighted by molar-refractivity contribution is 0.0515. The van der Waals surface area contributed by atoms with E-state index in [1.54, 1.807) is 33.4 Å². The summed E-state index contributed by atoms with van der Waals surface area (Å²) in [6, 6.07) is 18.8. The first kappa shape index (κ1) is 58.4. The number of halogens is 1. The van der Waals surface area contributed by atoms with Gasteiger partial charge in [-0.15, -0.1) is 10.2 Å². The molecule has 0 unspecified atom stereocenters. The quantitative estimate of drug-likeness (QED) is 0.0696. The highest BCUT2D eigenvalue weighted by molar-refractivity contribution is 9.10. The molecule has 0 saturated carbocycles. The Morgan fingerprint density at radius 3 is 1.54 bits per heavy atom. The van der Waals surface area contributed by atoms with E-state index >= 15 is 0 Å². The summed E-state index contributed by atoms with van der Waals surface area (Å²) in [7, 11) is -1.51. The fourth-order valence-electron chi connectivity index (χ4n) is 7.60. The average molecular weight is 1020 g/mol. The zero-order valence-electron chi connectivity index (χ0n) is 41.8. The smallest absolute Gasteiger partial charge is 0.443 e. The molecule has 0 atom stereocenters. The zero-order chi connectivity index (χ0) is 50.2. The van der Waals surface area contributed by atoms with E-state index in [0.29, 0.717) is 36.8 Å². The summed E-state index contributed by atoms with van der Waals surface area (Å²) >= 11 is 3.50. The average Bonchev–Trinajstić information content (AvgIpc) is 4.10. The van der Waals surface area contributed by atoms with Crippen molar-refractivity contribution in [3.8, 4) is 11.1 Å². The van der Waals surface area contributed by atoms with Gasteiger partial charge in [-0.25, -0.2) is 9.59 Å². The Hall–Kier alpha value is -4.88. The number of aliphatic hydroxyl groups excluding tert-OH is 2. The van der Waals surface area contributed by atoms with Gasteiger partial charge < -0.3 is 29.7 Å². The van der Waals surface area contributed by atoms with E-state index < -0.39 is 24.4 Å². The molecule has 2 saturated heterocycles. The van der Waals surface area contributed by atoms with Crippen molar-refractivity contribution >= 4 is 52.1 Å². The lowest BCUT2D eigenvalue weighted by Crippen LogP contribution is -2.29. The molecule has 0 amide bonds. The maximum atomic E-state index is 13.2. The van der Waals surface area contributed by atoms with Crippen LogP contribution in [0, 0.1) is 0 Å². The highest BCUT2D eigenvalue weighted by atomic mass is 79.9. The predicted octanol–water partition coefficient (Wildman–Crippen LogP) is 11.3. The van der Waals surface area contributed by atoms with Gasteiger partial charge in [0.1, 0.15) is 11.2 Å². The first-order valence-corrected chi connectivity index (χ1v) is 24.7. The van der Waals surface area contributed by atoms with Crippen LogP contribution in [0.5, 0.6) is 0 Å². The molecule has 4 aromatic rings. The summed E-state index contributed by atoms with van der Waals surface area (Å²) < 4.78 is 15.4. The number of nitrogens with zero attached hydrogens (tertiary/aromatic N) is 8. The standard InChI is InChI=1S/C25H36N4O3.C15H24BrNO3.C10H14BN3O2.CH4/c1-18(2)23-17-20(22(13-10-16-30)29(23)24(31)32-25(3,4)5)19-11-6-7-12-21(19)26-27-28-14-8-9-15-28;1-10(2)13-9-11(16)12(7-6-8-18)17(13)14(19)20-15(3,4)5;15-11(16)9-5-1-2-6-10(9)12-13-14-7-3-4-8-14;/h6-7,11-12,17-18,30H,8-10,13-16H2,1-5H3;9-10,18H,6-8H2,1-5H3;1-2,5-6,15-16H,3-4,7-8H2;1H4. The van der Waals surface area contributed by atoms with Gasteiger partial charge in [-0.3, -0.25) is 19.2 Å². The normalized spacial score (nSPS) is 14.0. The predicted molar refractivity (Wildman–Crippen MR) is 278 cm³/mol. The summed E-state index contributed by atoms with van der Waals surface area (Å²) in [5, 5.41) is 57.8. The minimum atomic E-state index is -1.51. The fourth-order valence-corrected chi connectivity index (χ4v) is 8.21. The van der Waals surface area contributed by atoms with Crippen LogP contribution in [0.3, 0.4) is 0 Å². The number of hydrogen-bond donors (Lipinski definition) is 4. The second-order valence-electron chi connectivity index (χ2n) is 19.5. The van der Waals surface area contributed by atoms with Gasteiger partial charge in [0.2, 0.25) is 0 Å². The minimum Gasteiger partial charge on any atom is -0.443 e. The van der Waals surface area contributed by atoms with Crippen molar-refractivity contribution in [2.75, 3.05) is 39.4 Å². The number of aliphatic hydroxyl groups is 2. The second kappa shape index (κ2) is 27.5. The Balaban J connectivity index is 0.000000292. The van der Waals surface area contributed by atoms with Crippen LogP contribution in [0.25, 0.3) is 11.1 Å². The van der Waals surface area contributed by atoms with Crippen molar-refractivity contribution < 1.29 is 39.3 Å². The zero-order valence-corrected chi connectivity index (χ0v) is 43.4. The lowest BCUT2D eigenvalue weighted by atomic mass is 9.79. The summed E-state index contributed by atoms with van der Waals surface area (Å²) in [5.41, 5.74) is 5.86. The number of hydrogen-bond acceptors (Lipinski definition) is 12. The summed E-state index contributed by atoms with van der Waals surface area (Å²) in [4.78, 5) is 25.7. The lowest BCUT2D eigenvalue weighted by Gasteiger charge is -2.22. The Kier molecular flexibility index (Phi) is 23.3. The number of rotatable bonds is 14. The molecular weight excluding hydrogens is 943 g/mol. The van der Waals surface area contributed by atoms with Crippen LogP contribution in [0.2, 0.25) is 0 Å². The molecule has 0 radical (unpaired) electrons. The molecule has 6 rings (SSSR count). The van der Waals surface area contributed by atoms with E-state index in [1.165, 1.54) is 0 Å². The molecule has 69 heavy (non-hydrogen) atoms. The van der Waals surface area contributed by atoms with Gasteiger partial charge in [0.05, 0.1) is 11.4 Å². The highest BCUT2D eigenvalue weighted by Gasteiger charge is 2.28. The van der Waals surface area contributed by atoms with Gasteiger partial charge in [0.25, 0.3) is 0 Å². The van der Waals surface area contributed by atoms with E-state index in [-0.39, 0.29) is 38.6 Å². The molecule has 0 aliphatic carbocycles. The topological polar surface area (TPSA) is 199 Å². The number of benzene rings is 2. The van der Waals surface area contributed by atoms with Crippen molar-refractivity contribution in [3.05, 3.63) is 87.9 Å². The molecule has 2 aliphatic heterocycles. The molecule has 2 aromatic heterocycles. The Morgan fingerprint density at radius 1 is 0.652 bits per heavy atom. The summed E-state index contributed by atoms with van der Waals surface area (Å²) in [6.45, 7) is 23.2. The maximum Gasteiger partial charge on any atom is 0.490 e. The van der Waals surface area contributed by atoms with Crippen LogP contribution in [-0.2, 0) is 22.3 Å². The number of carbonyl (C=O) groups is 2. The molecule has 18 heteroatoms. The van der Waals surface area contributed by atoms with Crippen LogP contribution < -0.4 is 5.46 Å².